The van der Waals surface area contributed by atoms with Crippen molar-refractivity contribution in [2.75, 3.05) is 0 Å². The predicted octanol–water partition coefficient (Wildman–Crippen LogP) is 5.33. The van der Waals surface area contributed by atoms with Gasteiger partial charge in [0.25, 0.3) is 0 Å². The lowest BCUT2D eigenvalue weighted by Gasteiger charge is -2.06. The summed E-state index contributed by atoms with van der Waals surface area (Å²) in [5.74, 6) is 1.20. The molecule has 3 nitrogen and oxygen atoms in total. The Labute approximate surface area is 151 Å². The Morgan fingerprint density at radius 3 is 2.61 bits per heavy atom. The van der Waals surface area contributed by atoms with Gasteiger partial charge in [0.05, 0.1) is 0 Å². The molecule has 0 fully saturated rings. The van der Waals surface area contributed by atoms with Crippen LogP contribution >= 0.6 is 39.3 Å². The second-order valence-corrected chi connectivity index (χ2v) is 7.13. The molecule has 0 spiro atoms. The van der Waals surface area contributed by atoms with E-state index in [4.69, 9.17) is 11.6 Å². The van der Waals surface area contributed by atoms with E-state index in [0.717, 1.165) is 26.6 Å². The van der Waals surface area contributed by atoms with Gasteiger partial charge in [-0.1, -0.05) is 45.4 Å². The molecule has 2 aromatic carbocycles. The highest BCUT2D eigenvalue weighted by molar-refractivity contribution is 9.10. The van der Waals surface area contributed by atoms with E-state index in [9.17, 15) is 4.39 Å². The Kier molecular flexibility index (Phi) is 5.04. The Bertz CT molecular complexity index is 836. The number of thioether (sulfide) groups is 1. The SMILES string of the molecule is Cn1c(SCc2ccc(F)cc2Br)nnc1-c1ccc(Cl)cc1. The zero-order valence-electron chi connectivity index (χ0n) is 12.1. The number of halogens is 3. The van der Waals surface area contributed by atoms with Crippen LogP contribution < -0.4 is 0 Å². The molecule has 0 aliphatic carbocycles. The molecule has 0 N–H and O–H groups in total. The van der Waals surface area contributed by atoms with Crippen LogP contribution in [0.15, 0.2) is 52.1 Å². The molecular formula is C16H12BrClFN3S. The third kappa shape index (κ3) is 3.76. The average Bonchev–Trinajstić information content (AvgIpc) is 2.88. The van der Waals surface area contributed by atoms with Crippen molar-refractivity contribution in [3.05, 3.63) is 63.3 Å². The van der Waals surface area contributed by atoms with Crippen LogP contribution in [0, 0.1) is 5.82 Å². The van der Waals surface area contributed by atoms with Crippen molar-refractivity contribution in [1.29, 1.82) is 0 Å². The van der Waals surface area contributed by atoms with Crippen LogP contribution in [-0.4, -0.2) is 14.8 Å². The first-order valence-corrected chi connectivity index (χ1v) is 8.92. The van der Waals surface area contributed by atoms with Crippen LogP contribution in [0.4, 0.5) is 4.39 Å². The first kappa shape index (κ1) is 16.5. The zero-order valence-corrected chi connectivity index (χ0v) is 15.3. The standard InChI is InChI=1S/C16H12BrClFN3S/c1-22-15(10-2-5-12(18)6-3-10)20-21-16(22)23-9-11-4-7-13(19)8-14(11)17/h2-8H,9H2,1H3. The molecule has 7 heteroatoms. The van der Waals surface area contributed by atoms with Crippen LogP contribution in [0.2, 0.25) is 5.02 Å². The summed E-state index contributed by atoms with van der Waals surface area (Å²) in [6, 6.07) is 12.2. The minimum absolute atomic E-state index is 0.255. The molecular weight excluding hydrogens is 401 g/mol. The summed E-state index contributed by atoms with van der Waals surface area (Å²) in [7, 11) is 1.92. The molecule has 0 amide bonds. The highest BCUT2D eigenvalue weighted by Crippen LogP contribution is 2.28. The van der Waals surface area contributed by atoms with E-state index in [0.29, 0.717) is 10.8 Å². The fraction of sp³-hybridized carbons (Fsp3) is 0.125. The topological polar surface area (TPSA) is 30.7 Å². The molecule has 3 aromatic rings. The predicted molar refractivity (Wildman–Crippen MR) is 95.1 cm³/mol. The summed E-state index contributed by atoms with van der Waals surface area (Å²) in [5.41, 5.74) is 1.96. The summed E-state index contributed by atoms with van der Waals surface area (Å²) in [5, 5.41) is 9.96. The first-order valence-electron chi connectivity index (χ1n) is 6.76. The lowest BCUT2D eigenvalue weighted by Crippen LogP contribution is -1.95. The summed E-state index contributed by atoms with van der Waals surface area (Å²) in [6.07, 6.45) is 0. The van der Waals surface area contributed by atoms with Crippen LogP contribution in [0.1, 0.15) is 5.56 Å². The molecule has 0 unspecified atom stereocenters. The monoisotopic (exact) mass is 411 g/mol. The maximum atomic E-state index is 13.1. The van der Waals surface area contributed by atoms with Crippen LogP contribution in [0.25, 0.3) is 11.4 Å². The zero-order chi connectivity index (χ0) is 16.4. The molecule has 0 aliphatic heterocycles. The highest BCUT2D eigenvalue weighted by Gasteiger charge is 2.12. The van der Waals surface area contributed by atoms with Crippen molar-refractivity contribution in [3.8, 4) is 11.4 Å². The molecule has 23 heavy (non-hydrogen) atoms. The van der Waals surface area contributed by atoms with Crippen molar-refractivity contribution in [1.82, 2.24) is 14.8 Å². The Hall–Kier alpha value is -1.37. The van der Waals surface area contributed by atoms with Gasteiger partial charge in [-0.15, -0.1) is 10.2 Å². The maximum absolute atomic E-state index is 13.1. The van der Waals surface area contributed by atoms with Crippen molar-refractivity contribution in [3.63, 3.8) is 0 Å². The number of aromatic nitrogens is 3. The third-order valence-electron chi connectivity index (χ3n) is 3.31. The van der Waals surface area contributed by atoms with Crippen molar-refractivity contribution in [2.24, 2.45) is 7.05 Å². The number of nitrogens with zero attached hydrogens (tertiary/aromatic N) is 3. The van der Waals surface area contributed by atoms with Gasteiger partial charge < -0.3 is 4.57 Å². The number of rotatable bonds is 4. The number of benzene rings is 2. The van der Waals surface area contributed by atoms with Crippen LogP contribution in [-0.2, 0) is 12.8 Å². The summed E-state index contributed by atoms with van der Waals surface area (Å²) in [4.78, 5) is 0. The summed E-state index contributed by atoms with van der Waals surface area (Å²) >= 11 is 10.8. The molecule has 118 valence electrons. The minimum atomic E-state index is -0.255. The molecule has 0 atom stereocenters. The van der Waals surface area contributed by atoms with Gasteiger partial charge >= 0.3 is 0 Å². The van der Waals surface area contributed by atoms with Gasteiger partial charge in [0, 0.05) is 27.9 Å². The van der Waals surface area contributed by atoms with Gasteiger partial charge in [0.15, 0.2) is 11.0 Å². The third-order valence-corrected chi connectivity index (χ3v) is 5.37. The molecule has 0 radical (unpaired) electrons. The molecule has 0 saturated heterocycles. The summed E-state index contributed by atoms with van der Waals surface area (Å²) in [6.45, 7) is 0. The minimum Gasteiger partial charge on any atom is -0.305 e. The molecule has 1 aromatic heterocycles. The highest BCUT2D eigenvalue weighted by atomic mass is 79.9. The maximum Gasteiger partial charge on any atom is 0.191 e. The Morgan fingerprint density at radius 2 is 1.91 bits per heavy atom. The smallest absolute Gasteiger partial charge is 0.191 e. The van der Waals surface area contributed by atoms with E-state index < -0.39 is 0 Å². The first-order chi connectivity index (χ1) is 11.0. The second kappa shape index (κ2) is 7.03. The van der Waals surface area contributed by atoms with E-state index in [1.165, 1.54) is 12.1 Å². The van der Waals surface area contributed by atoms with Crippen molar-refractivity contribution in [2.45, 2.75) is 10.9 Å². The van der Waals surface area contributed by atoms with Gasteiger partial charge in [-0.2, -0.15) is 0 Å². The largest absolute Gasteiger partial charge is 0.305 e. The van der Waals surface area contributed by atoms with Gasteiger partial charge in [0.2, 0.25) is 0 Å². The van der Waals surface area contributed by atoms with Gasteiger partial charge in [-0.05, 0) is 42.0 Å². The molecule has 0 aliphatic rings. The lowest BCUT2D eigenvalue weighted by atomic mass is 10.2. The Balaban J connectivity index is 1.78. The van der Waals surface area contributed by atoms with Crippen molar-refractivity contribution >= 4 is 39.3 Å². The number of hydrogen-bond donors (Lipinski definition) is 0. The molecule has 0 saturated carbocycles. The molecule has 0 bridgehead atoms. The van der Waals surface area contributed by atoms with Crippen LogP contribution in [0.3, 0.4) is 0 Å². The fourth-order valence-electron chi connectivity index (χ4n) is 2.07. The van der Waals surface area contributed by atoms with E-state index in [1.54, 1.807) is 17.8 Å². The fourth-order valence-corrected chi connectivity index (χ4v) is 3.79. The van der Waals surface area contributed by atoms with Gasteiger partial charge in [0.1, 0.15) is 5.82 Å². The Morgan fingerprint density at radius 1 is 1.17 bits per heavy atom. The normalized spacial score (nSPS) is 11.0. The van der Waals surface area contributed by atoms with E-state index in [-0.39, 0.29) is 5.82 Å². The van der Waals surface area contributed by atoms with Crippen LogP contribution in [0.5, 0.6) is 0 Å². The lowest BCUT2D eigenvalue weighted by molar-refractivity contribution is 0.626. The van der Waals surface area contributed by atoms with E-state index in [1.807, 2.05) is 35.9 Å². The van der Waals surface area contributed by atoms with Gasteiger partial charge in [-0.25, -0.2) is 4.39 Å². The van der Waals surface area contributed by atoms with Gasteiger partial charge in [-0.3, -0.25) is 0 Å². The number of hydrogen-bond acceptors (Lipinski definition) is 3. The summed E-state index contributed by atoms with van der Waals surface area (Å²) < 4.78 is 15.8. The average molecular weight is 413 g/mol. The molecule has 3 rings (SSSR count). The van der Waals surface area contributed by atoms with Crippen molar-refractivity contribution < 1.29 is 4.39 Å². The molecule has 1 heterocycles. The van der Waals surface area contributed by atoms with E-state index in [2.05, 4.69) is 26.1 Å². The second-order valence-electron chi connectivity index (χ2n) is 4.90. The quantitative estimate of drug-likeness (QED) is 0.543. The van der Waals surface area contributed by atoms with E-state index >= 15 is 0 Å².